The van der Waals surface area contributed by atoms with Crippen molar-refractivity contribution in [3.05, 3.63) is 24.5 Å². The van der Waals surface area contributed by atoms with Gasteiger partial charge in [0.2, 0.25) is 0 Å². The van der Waals surface area contributed by atoms with Gasteiger partial charge in [-0.3, -0.25) is 4.40 Å². The first kappa shape index (κ1) is 7.61. The molecule has 0 spiro atoms. The zero-order valence-electron chi connectivity index (χ0n) is 6.77. The average Bonchev–Trinajstić information content (AvgIpc) is 2.53. The van der Waals surface area contributed by atoms with Gasteiger partial charge in [0.25, 0.3) is 0 Å². The number of nitrogens with zero attached hydrogens (tertiary/aromatic N) is 3. The fourth-order valence-electron chi connectivity index (χ4n) is 1.09. The van der Waals surface area contributed by atoms with Gasteiger partial charge in [-0.2, -0.15) is 0 Å². The summed E-state index contributed by atoms with van der Waals surface area (Å²) in [6.45, 7) is 2.13. The minimum Gasteiger partial charge on any atom is -0.276 e. The number of aromatic nitrogens is 3. The van der Waals surface area contributed by atoms with E-state index in [1.807, 2.05) is 16.5 Å². The minimum atomic E-state index is 0.911. The number of thioether (sulfide) groups is 1. The zero-order valence-corrected chi connectivity index (χ0v) is 7.58. The first-order valence-electron chi connectivity index (χ1n) is 3.83. The summed E-state index contributed by atoms with van der Waals surface area (Å²) in [6.07, 6.45) is 1.74. The summed E-state index contributed by atoms with van der Waals surface area (Å²) >= 11 is 1.79. The molecule has 2 rings (SSSR count). The molecule has 0 bridgehead atoms. The van der Waals surface area contributed by atoms with Crippen LogP contribution >= 0.6 is 11.8 Å². The van der Waals surface area contributed by atoms with Crippen molar-refractivity contribution in [2.45, 2.75) is 11.9 Å². The predicted octanol–water partition coefficient (Wildman–Crippen LogP) is 1.84. The van der Waals surface area contributed by atoms with Crippen LogP contribution in [-0.4, -0.2) is 20.4 Å². The summed E-state index contributed by atoms with van der Waals surface area (Å²) in [4.78, 5) is 0. The molecule has 2 heterocycles. The van der Waals surface area contributed by atoms with Crippen molar-refractivity contribution in [1.29, 1.82) is 0 Å². The highest BCUT2D eigenvalue weighted by molar-refractivity contribution is 7.99. The summed E-state index contributed by atoms with van der Waals surface area (Å²) in [5.41, 5.74) is 0.911. The maximum absolute atomic E-state index is 3.96. The largest absolute Gasteiger partial charge is 0.276 e. The molecule has 0 saturated heterocycles. The van der Waals surface area contributed by atoms with Gasteiger partial charge in [0.05, 0.1) is 5.03 Å². The molecule has 0 aliphatic heterocycles. The van der Waals surface area contributed by atoms with Crippen LogP contribution < -0.4 is 0 Å². The van der Waals surface area contributed by atoms with Crippen LogP contribution in [0.4, 0.5) is 0 Å². The molecule has 62 valence electrons. The predicted molar refractivity (Wildman–Crippen MR) is 49.4 cm³/mol. The van der Waals surface area contributed by atoms with Gasteiger partial charge in [0.15, 0.2) is 5.65 Å². The second-order valence-electron chi connectivity index (χ2n) is 2.36. The number of fused-ring (bicyclic) bond motifs is 1. The van der Waals surface area contributed by atoms with E-state index in [2.05, 4.69) is 23.2 Å². The standard InChI is InChI=1S/C8H9N3S/c1-2-12-8-5-3-4-7-10-9-6-11(7)8/h3-6H,2H2,1H3. The van der Waals surface area contributed by atoms with Crippen molar-refractivity contribution in [3.8, 4) is 0 Å². The summed E-state index contributed by atoms with van der Waals surface area (Å²) in [7, 11) is 0. The molecule has 4 heteroatoms. The van der Waals surface area contributed by atoms with E-state index in [1.54, 1.807) is 18.1 Å². The van der Waals surface area contributed by atoms with E-state index >= 15 is 0 Å². The quantitative estimate of drug-likeness (QED) is 0.659. The lowest BCUT2D eigenvalue weighted by Gasteiger charge is -2.00. The van der Waals surface area contributed by atoms with Crippen LogP contribution in [0, 0.1) is 0 Å². The van der Waals surface area contributed by atoms with Gasteiger partial charge >= 0.3 is 0 Å². The van der Waals surface area contributed by atoms with Crippen molar-refractivity contribution >= 4 is 17.4 Å². The molecule has 0 saturated carbocycles. The monoisotopic (exact) mass is 179 g/mol. The highest BCUT2D eigenvalue weighted by Gasteiger charge is 1.99. The normalized spacial score (nSPS) is 10.8. The maximum atomic E-state index is 3.96. The van der Waals surface area contributed by atoms with Gasteiger partial charge in [-0.1, -0.05) is 13.0 Å². The van der Waals surface area contributed by atoms with E-state index < -0.39 is 0 Å². The molecule has 3 nitrogen and oxygen atoms in total. The molecular formula is C8H9N3S. The lowest BCUT2D eigenvalue weighted by molar-refractivity contribution is 1.01. The zero-order chi connectivity index (χ0) is 8.39. The van der Waals surface area contributed by atoms with Crippen molar-refractivity contribution in [3.63, 3.8) is 0 Å². The Morgan fingerprint density at radius 3 is 3.25 bits per heavy atom. The molecule has 0 aliphatic carbocycles. The first-order chi connectivity index (χ1) is 5.92. The minimum absolute atomic E-state index is 0.911. The van der Waals surface area contributed by atoms with Crippen molar-refractivity contribution in [2.75, 3.05) is 5.75 Å². The van der Waals surface area contributed by atoms with Crippen LogP contribution in [0.15, 0.2) is 29.6 Å². The Labute approximate surface area is 74.8 Å². The van der Waals surface area contributed by atoms with Gasteiger partial charge < -0.3 is 0 Å². The molecule has 0 unspecified atom stereocenters. The van der Waals surface area contributed by atoms with E-state index in [0.717, 1.165) is 11.4 Å². The SMILES string of the molecule is CCSc1cccc2nncn12. The molecule has 0 radical (unpaired) electrons. The fraction of sp³-hybridized carbons (Fsp3) is 0.250. The molecule has 0 aliphatic rings. The molecule has 2 aromatic rings. The molecule has 0 amide bonds. The summed E-state index contributed by atoms with van der Waals surface area (Å²) in [5.74, 6) is 1.07. The van der Waals surface area contributed by atoms with Crippen molar-refractivity contribution in [2.24, 2.45) is 0 Å². The Morgan fingerprint density at radius 1 is 1.50 bits per heavy atom. The number of hydrogen-bond acceptors (Lipinski definition) is 3. The van der Waals surface area contributed by atoms with Gasteiger partial charge in [0, 0.05) is 0 Å². The summed E-state index contributed by atoms with van der Waals surface area (Å²) < 4.78 is 1.99. The van der Waals surface area contributed by atoms with Gasteiger partial charge in [-0.25, -0.2) is 0 Å². The third-order valence-electron chi connectivity index (χ3n) is 1.59. The fourth-order valence-corrected chi connectivity index (χ4v) is 1.84. The number of pyridine rings is 1. The van der Waals surface area contributed by atoms with Gasteiger partial charge in [0.1, 0.15) is 6.33 Å². The number of hydrogen-bond donors (Lipinski definition) is 0. The summed E-state index contributed by atoms with van der Waals surface area (Å²) in [6, 6.07) is 6.03. The Balaban J connectivity index is 2.57. The Morgan fingerprint density at radius 2 is 2.42 bits per heavy atom. The topological polar surface area (TPSA) is 30.2 Å². The lowest BCUT2D eigenvalue weighted by atomic mass is 10.5. The van der Waals surface area contributed by atoms with E-state index in [1.165, 1.54) is 5.03 Å². The maximum Gasteiger partial charge on any atom is 0.161 e. The van der Waals surface area contributed by atoms with E-state index in [4.69, 9.17) is 0 Å². The number of rotatable bonds is 2. The molecule has 0 aromatic carbocycles. The van der Waals surface area contributed by atoms with E-state index in [-0.39, 0.29) is 0 Å². The molecular weight excluding hydrogens is 170 g/mol. The van der Waals surface area contributed by atoms with Crippen LogP contribution in [-0.2, 0) is 0 Å². The van der Waals surface area contributed by atoms with Crippen LogP contribution in [0.25, 0.3) is 5.65 Å². The van der Waals surface area contributed by atoms with E-state index in [0.29, 0.717) is 0 Å². The highest BCUT2D eigenvalue weighted by atomic mass is 32.2. The molecule has 0 fully saturated rings. The van der Waals surface area contributed by atoms with Crippen molar-refractivity contribution < 1.29 is 0 Å². The van der Waals surface area contributed by atoms with Crippen molar-refractivity contribution in [1.82, 2.24) is 14.6 Å². The Kier molecular flexibility index (Phi) is 1.99. The Bertz CT molecular complexity index is 382. The van der Waals surface area contributed by atoms with Crippen LogP contribution in [0.1, 0.15) is 6.92 Å². The second kappa shape index (κ2) is 3.15. The summed E-state index contributed by atoms with van der Waals surface area (Å²) in [5, 5.41) is 9.00. The van der Waals surface area contributed by atoms with Gasteiger partial charge in [-0.05, 0) is 17.9 Å². The molecule has 0 N–H and O–H groups in total. The highest BCUT2D eigenvalue weighted by Crippen LogP contribution is 2.17. The molecule has 0 atom stereocenters. The Hall–Kier alpha value is -1.03. The van der Waals surface area contributed by atoms with Gasteiger partial charge in [-0.15, -0.1) is 22.0 Å². The van der Waals surface area contributed by atoms with E-state index in [9.17, 15) is 0 Å². The first-order valence-corrected chi connectivity index (χ1v) is 4.82. The second-order valence-corrected chi connectivity index (χ2v) is 3.64. The molecule has 2 aromatic heterocycles. The molecule has 12 heavy (non-hydrogen) atoms. The van der Waals surface area contributed by atoms with Crippen LogP contribution in [0.2, 0.25) is 0 Å². The smallest absolute Gasteiger partial charge is 0.161 e. The average molecular weight is 179 g/mol. The third kappa shape index (κ3) is 1.18. The lowest BCUT2D eigenvalue weighted by Crippen LogP contribution is -1.87. The van der Waals surface area contributed by atoms with Crippen LogP contribution in [0.3, 0.4) is 0 Å². The van der Waals surface area contributed by atoms with Crippen LogP contribution in [0.5, 0.6) is 0 Å². The third-order valence-corrected chi connectivity index (χ3v) is 2.51.